The summed E-state index contributed by atoms with van der Waals surface area (Å²) in [5, 5.41) is 0.981. The van der Waals surface area contributed by atoms with Crippen LogP contribution in [0.5, 0.6) is 0 Å². The molecule has 1 N–H and O–H groups in total. The van der Waals surface area contributed by atoms with Crippen molar-refractivity contribution in [3.8, 4) is 0 Å². The zero-order chi connectivity index (χ0) is 13.1. The first-order valence-electron chi connectivity index (χ1n) is 5.79. The highest BCUT2D eigenvalue weighted by atomic mass is 16.5. The van der Waals surface area contributed by atoms with Gasteiger partial charge in [-0.05, 0) is 42.5 Å². The number of carbonyl (C=O) groups excluding carboxylic acids is 1. The molecule has 1 heterocycles. The van der Waals surface area contributed by atoms with Crippen molar-refractivity contribution in [2.24, 2.45) is 0 Å². The number of pyridine rings is 1. The Labute approximate surface area is 105 Å². The number of methoxy groups -OCH3 is 1. The van der Waals surface area contributed by atoms with Gasteiger partial charge in [0.05, 0.1) is 7.11 Å². The Bertz CT molecular complexity index is 643. The van der Waals surface area contributed by atoms with Gasteiger partial charge in [-0.15, -0.1) is 0 Å². The average Bonchev–Trinajstić information content (AvgIpc) is 2.37. The minimum atomic E-state index is -0.215. The van der Waals surface area contributed by atoms with E-state index in [0.717, 1.165) is 16.5 Å². The molecule has 94 valence electrons. The van der Waals surface area contributed by atoms with Crippen molar-refractivity contribution in [1.82, 2.24) is 4.98 Å². The summed E-state index contributed by atoms with van der Waals surface area (Å²) in [4.78, 5) is 25.3. The van der Waals surface area contributed by atoms with Crippen LogP contribution in [0, 0.1) is 6.92 Å². The zero-order valence-corrected chi connectivity index (χ0v) is 10.4. The Hall–Kier alpha value is -2.10. The normalized spacial score (nSPS) is 10.6. The van der Waals surface area contributed by atoms with Crippen LogP contribution in [0.1, 0.15) is 17.5 Å². The molecule has 4 nitrogen and oxygen atoms in total. The lowest BCUT2D eigenvalue weighted by atomic mass is 10.1. The molecule has 0 saturated heterocycles. The van der Waals surface area contributed by atoms with Gasteiger partial charge in [0.1, 0.15) is 0 Å². The number of hydrogen-bond donors (Lipinski definition) is 1. The molecule has 18 heavy (non-hydrogen) atoms. The first kappa shape index (κ1) is 12.4. The van der Waals surface area contributed by atoms with Gasteiger partial charge in [-0.3, -0.25) is 9.59 Å². The lowest BCUT2D eigenvalue weighted by Crippen LogP contribution is -2.08. The van der Waals surface area contributed by atoms with E-state index < -0.39 is 0 Å². The van der Waals surface area contributed by atoms with Crippen LogP contribution in [-0.4, -0.2) is 18.1 Å². The summed E-state index contributed by atoms with van der Waals surface area (Å²) in [7, 11) is 1.39. The van der Waals surface area contributed by atoms with E-state index in [4.69, 9.17) is 0 Å². The largest absolute Gasteiger partial charge is 0.469 e. The topological polar surface area (TPSA) is 59.2 Å². The summed E-state index contributed by atoms with van der Waals surface area (Å²) >= 11 is 0. The molecule has 2 aromatic rings. The highest BCUT2D eigenvalue weighted by Gasteiger charge is 2.03. The lowest BCUT2D eigenvalue weighted by Gasteiger charge is -2.04. The Morgan fingerprint density at radius 1 is 1.33 bits per heavy atom. The van der Waals surface area contributed by atoms with E-state index in [1.54, 1.807) is 6.92 Å². The molecule has 0 amide bonds. The van der Waals surface area contributed by atoms with Crippen molar-refractivity contribution in [2.75, 3.05) is 7.11 Å². The van der Waals surface area contributed by atoms with Crippen LogP contribution in [0.25, 0.3) is 10.9 Å². The molecule has 0 unspecified atom stereocenters. The Morgan fingerprint density at radius 3 is 2.83 bits per heavy atom. The van der Waals surface area contributed by atoms with Crippen LogP contribution in [-0.2, 0) is 16.0 Å². The Balaban J connectivity index is 2.29. The van der Waals surface area contributed by atoms with Crippen LogP contribution in [0.15, 0.2) is 29.1 Å². The van der Waals surface area contributed by atoms with Crippen LogP contribution in [0.2, 0.25) is 0 Å². The van der Waals surface area contributed by atoms with Gasteiger partial charge in [0.25, 0.3) is 5.56 Å². The van der Waals surface area contributed by atoms with Crippen LogP contribution in [0.3, 0.4) is 0 Å². The standard InChI is InChI=1S/C14H15NO3/c1-9-7-11-8-10(4-6-13(16)18-2)3-5-12(11)15-14(9)17/h3,5,7-8H,4,6H2,1-2H3,(H,15,17). The van der Waals surface area contributed by atoms with E-state index in [-0.39, 0.29) is 11.5 Å². The van der Waals surface area contributed by atoms with Gasteiger partial charge in [0.15, 0.2) is 0 Å². The summed E-state index contributed by atoms with van der Waals surface area (Å²) in [6, 6.07) is 7.62. The Kier molecular flexibility index (Phi) is 3.46. The van der Waals surface area contributed by atoms with Gasteiger partial charge in [0, 0.05) is 17.5 Å². The number of aromatic amines is 1. The number of carbonyl (C=O) groups is 1. The highest BCUT2D eigenvalue weighted by Crippen LogP contribution is 2.15. The second-order valence-electron chi connectivity index (χ2n) is 4.28. The molecular formula is C14H15NO3. The number of aryl methyl sites for hydroxylation is 2. The number of esters is 1. The molecule has 0 aliphatic rings. The monoisotopic (exact) mass is 245 g/mol. The molecule has 2 rings (SSSR count). The molecule has 0 saturated carbocycles. The Morgan fingerprint density at radius 2 is 2.11 bits per heavy atom. The third-order valence-electron chi connectivity index (χ3n) is 2.94. The fraction of sp³-hybridized carbons (Fsp3) is 0.286. The van der Waals surface area contributed by atoms with Crippen molar-refractivity contribution in [3.63, 3.8) is 0 Å². The van der Waals surface area contributed by atoms with Gasteiger partial charge in [-0.2, -0.15) is 0 Å². The molecule has 0 fully saturated rings. The highest BCUT2D eigenvalue weighted by molar-refractivity contribution is 5.80. The molecule has 0 radical (unpaired) electrons. The van der Waals surface area contributed by atoms with E-state index in [1.807, 2.05) is 24.3 Å². The van der Waals surface area contributed by atoms with Crippen molar-refractivity contribution in [1.29, 1.82) is 0 Å². The van der Waals surface area contributed by atoms with Gasteiger partial charge in [-0.1, -0.05) is 6.07 Å². The number of aromatic nitrogens is 1. The second-order valence-corrected chi connectivity index (χ2v) is 4.28. The molecule has 0 atom stereocenters. The maximum Gasteiger partial charge on any atom is 0.305 e. The van der Waals surface area contributed by atoms with E-state index in [9.17, 15) is 9.59 Å². The van der Waals surface area contributed by atoms with Gasteiger partial charge < -0.3 is 9.72 Å². The summed E-state index contributed by atoms with van der Waals surface area (Å²) in [6.07, 6.45) is 1.01. The summed E-state index contributed by atoms with van der Waals surface area (Å²) in [6.45, 7) is 1.78. The molecule has 1 aromatic heterocycles. The van der Waals surface area contributed by atoms with Gasteiger partial charge >= 0.3 is 5.97 Å². The smallest absolute Gasteiger partial charge is 0.305 e. The zero-order valence-electron chi connectivity index (χ0n) is 10.4. The maximum atomic E-state index is 11.5. The molecule has 0 spiro atoms. The summed E-state index contributed by atoms with van der Waals surface area (Å²) < 4.78 is 4.61. The number of fused-ring (bicyclic) bond motifs is 1. The van der Waals surface area contributed by atoms with Crippen LogP contribution >= 0.6 is 0 Å². The number of hydrogen-bond acceptors (Lipinski definition) is 3. The first-order valence-corrected chi connectivity index (χ1v) is 5.79. The van der Waals surface area contributed by atoms with E-state index >= 15 is 0 Å². The van der Waals surface area contributed by atoms with Crippen molar-refractivity contribution < 1.29 is 9.53 Å². The molecule has 0 aliphatic heterocycles. The third kappa shape index (κ3) is 2.59. The second kappa shape index (κ2) is 5.04. The number of rotatable bonds is 3. The molecule has 0 aliphatic carbocycles. The number of benzene rings is 1. The minimum absolute atomic E-state index is 0.0650. The molecule has 4 heteroatoms. The number of H-pyrrole nitrogens is 1. The average molecular weight is 245 g/mol. The van der Waals surface area contributed by atoms with Crippen molar-refractivity contribution in [2.45, 2.75) is 19.8 Å². The molecule has 1 aromatic carbocycles. The predicted octanol–water partition coefficient (Wildman–Crippen LogP) is 1.94. The lowest BCUT2D eigenvalue weighted by molar-refractivity contribution is -0.140. The predicted molar refractivity (Wildman–Crippen MR) is 69.6 cm³/mol. The van der Waals surface area contributed by atoms with E-state index in [2.05, 4.69) is 9.72 Å². The fourth-order valence-electron chi connectivity index (χ4n) is 1.87. The minimum Gasteiger partial charge on any atom is -0.469 e. The number of ether oxygens (including phenoxy) is 1. The van der Waals surface area contributed by atoms with Gasteiger partial charge in [0.2, 0.25) is 0 Å². The fourth-order valence-corrected chi connectivity index (χ4v) is 1.87. The van der Waals surface area contributed by atoms with Crippen molar-refractivity contribution in [3.05, 3.63) is 45.7 Å². The quantitative estimate of drug-likeness (QED) is 0.841. The number of nitrogens with one attached hydrogen (secondary N) is 1. The van der Waals surface area contributed by atoms with Gasteiger partial charge in [-0.25, -0.2) is 0 Å². The third-order valence-corrected chi connectivity index (χ3v) is 2.94. The molecular weight excluding hydrogens is 230 g/mol. The first-order chi connectivity index (χ1) is 8.60. The summed E-state index contributed by atoms with van der Waals surface area (Å²) in [5.74, 6) is -0.215. The maximum absolute atomic E-state index is 11.5. The van der Waals surface area contributed by atoms with Crippen molar-refractivity contribution >= 4 is 16.9 Å². The molecule has 0 bridgehead atoms. The SMILES string of the molecule is COC(=O)CCc1ccc2[nH]c(=O)c(C)cc2c1. The summed E-state index contributed by atoms with van der Waals surface area (Å²) in [5.41, 5.74) is 2.49. The van der Waals surface area contributed by atoms with Crippen LogP contribution < -0.4 is 5.56 Å². The van der Waals surface area contributed by atoms with E-state index in [1.165, 1.54) is 7.11 Å². The van der Waals surface area contributed by atoms with E-state index in [0.29, 0.717) is 18.4 Å². The van der Waals surface area contributed by atoms with Crippen LogP contribution in [0.4, 0.5) is 0 Å².